The summed E-state index contributed by atoms with van der Waals surface area (Å²) < 4.78 is 0. The van der Waals surface area contributed by atoms with Gasteiger partial charge in [-0.2, -0.15) is 0 Å². The van der Waals surface area contributed by atoms with Crippen LogP contribution < -0.4 is 5.73 Å². The summed E-state index contributed by atoms with van der Waals surface area (Å²) in [5.41, 5.74) is 7.27. The van der Waals surface area contributed by atoms with Crippen LogP contribution in [0.25, 0.3) is 0 Å². The molecule has 2 rings (SSSR count). The molecule has 0 unspecified atom stereocenters. The van der Waals surface area contributed by atoms with Crippen LogP contribution in [0.4, 0.5) is 0 Å². The monoisotopic (exact) mass is 233 g/mol. The summed E-state index contributed by atoms with van der Waals surface area (Å²) in [5.74, 6) is 0. The first-order valence-corrected chi connectivity index (χ1v) is 6.14. The van der Waals surface area contributed by atoms with Crippen LogP contribution >= 0.6 is 11.8 Å². The van der Waals surface area contributed by atoms with Crippen LogP contribution in [-0.4, -0.2) is 9.97 Å². The van der Waals surface area contributed by atoms with E-state index in [9.17, 15) is 0 Å². The highest BCUT2D eigenvalue weighted by molar-refractivity contribution is 7.99. The molecule has 0 aliphatic carbocycles. The maximum absolute atomic E-state index is 6.08. The van der Waals surface area contributed by atoms with Gasteiger partial charge in [0.25, 0.3) is 0 Å². The first-order valence-electron chi connectivity index (χ1n) is 5.33. The number of benzene rings is 1. The molecule has 0 spiro atoms. The number of H-pyrrole nitrogens is 1. The van der Waals surface area contributed by atoms with Crippen molar-refractivity contribution in [3.05, 3.63) is 42.2 Å². The SMILES string of the molecule is CC[C@H](N)c1ccccc1Sc1ncc[nH]1. The summed E-state index contributed by atoms with van der Waals surface area (Å²) in [4.78, 5) is 8.46. The van der Waals surface area contributed by atoms with E-state index in [2.05, 4.69) is 29.0 Å². The normalized spacial score (nSPS) is 12.6. The van der Waals surface area contributed by atoms with Gasteiger partial charge < -0.3 is 10.7 Å². The fourth-order valence-electron chi connectivity index (χ4n) is 1.51. The molecule has 0 saturated carbocycles. The predicted octanol–water partition coefficient (Wildman–Crippen LogP) is 2.97. The molecule has 84 valence electrons. The Hall–Kier alpha value is -1.26. The Morgan fingerprint density at radius 1 is 1.44 bits per heavy atom. The molecule has 1 aromatic carbocycles. The minimum absolute atomic E-state index is 0.0960. The highest BCUT2D eigenvalue weighted by atomic mass is 32.2. The molecule has 0 saturated heterocycles. The molecule has 1 atom stereocenters. The van der Waals surface area contributed by atoms with Crippen LogP contribution in [0.1, 0.15) is 24.9 Å². The molecule has 0 radical (unpaired) electrons. The molecule has 3 N–H and O–H groups in total. The number of imidazole rings is 1. The number of hydrogen-bond donors (Lipinski definition) is 2. The number of aromatic amines is 1. The summed E-state index contributed by atoms with van der Waals surface area (Å²) >= 11 is 1.62. The van der Waals surface area contributed by atoms with E-state index < -0.39 is 0 Å². The van der Waals surface area contributed by atoms with Gasteiger partial charge in [-0.05, 0) is 18.1 Å². The summed E-state index contributed by atoms with van der Waals surface area (Å²) in [6.07, 6.45) is 4.52. The van der Waals surface area contributed by atoms with Crippen LogP contribution in [0.3, 0.4) is 0 Å². The Balaban J connectivity index is 2.26. The zero-order valence-electron chi connectivity index (χ0n) is 9.18. The molecule has 0 bridgehead atoms. The highest BCUT2D eigenvalue weighted by Gasteiger charge is 2.10. The third kappa shape index (κ3) is 2.46. The van der Waals surface area contributed by atoms with Crippen LogP contribution in [-0.2, 0) is 0 Å². The average molecular weight is 233 g/mol. The van der Waals surface area contributed by atoms with Gasteiger partial charge in [-0.15, -0.1) is 0 Å². The highest BCUT2D eigenvalue weighted by Crippen LogP contribution is 2.31. The van der Waals surface area contributed by atoms with Crippen molar-refractivity contribution in [3.63, 3.8) is 0 Å². The summed E-state index contributed by atoms with van der Waals surface area (Å²) in [7, 11) is 0. The lowest BCUT2D eigenvalue weighted by atomic mass is 10.1. The minimum Gasteiger partial charge on any atom is -0.339 e. The zero-order chi connectivity index (χ0) is 11.4. The van der Waals surface area contributed by atoms with E-state index in [0.717, 1.165) is 11.6 Å². The Morgan fingerprint density at radius 3 is 2.94 bits per heavy atom. The smallest absolute Gasteiger partial charge is 0.170 e. The molecular weight excluding hydrogens is 218 g/mol. The first kappa shape index (κ1) is 11.2. The van der Waals surface area contributed by atoms with Crippen LogP contribution in [0.2, 0.25) is 0 Å². The van der Waals surface area contributed by atoms with Gasteiger partial charge in [-0.3, -0.25) is 0 Å². The van der Waals surface area contributed by atoms with Gasteiger partial charge >= 0.3 is 0 Å². The topological polar surface area (TPSA) is 54.7 Å². The molecule has 16 heavy (non-hydrogen) atoms. The number of aromatic nitrogens is 2. The van der Waals surface area contributed by atoms with Gasteiger partial charge in [-0.1, -0.05) is 36.9 Å². The van der Waals surface area contributed by atoms with Crippen molar-refractivity contribution in [2.45, 2.75) is 29.4 Å². The van der Waals surface area contributed by atoms with E-state index in [0.29, 0.717) is 0 Å². The Bertz CT molecular complexity index is 439. The van der Waals surface area contributed by atoms with Crippen molar-refractivity contribution in [1.82, 2.24) is 9.97 Å². The van der Waals surface area contributed by atoms with Crippen molar-refractivity contribution >= 4 is 11.8 Å². The zero-order valence-corrected chi connectivity index (χ0v) is 10.00. The molecule has 0 aliphatic heterocycles. The van der Waals surface area contributed by atoms with Gasteiger partial charge in [-0.25, -0.2) is 4.98 Å². The third-order valence-electron chi connectivity index (χ3n) is 2.44. The molecule has 3 nitrogen and oxygen atoms in total. The van der Waals surface area contributed by atoms with Crippen molar-refractivity contribution in [1.29, 1.82) is 0 Å². The maximum atomic E-state index is 6.08. The summed E-state index contributed by atoms with van der Waals surface area (Å²) in [5, 5.41) is 0.899. The largest absolute Gasteiger partial charge is 0.339 e. The van der Waals surface area contributed by atoms with Gasteiger partial charge in [0.15, 0.2) is 5.16 Å². The van der Waals surface area contributed by atoms with Crippen molar-refractivity contribution in [2.24, 2.45) is 5.73 Å². The van der Waals surface area contributed by atoms with Gasteiger partial charge in [0.1, 0.15) is 0 Å². The molecular formula is C12H15N3S. The van der Waals surface area contributed by atoms with Crippen LogP contribution in [0, 0.1) is 0 Å². The lowest BCUT2D eigenvalue weighted by Crippen LogP contribution is -2.09. The number of nitrogens with one attached hydrogen (secondary N) is 1. The summed E-state index contributed by atoms with van der Waals surface area (Å²) in [6.45, 7) is 2.10. The number of nitrogens with two attached hydrogens (primary N) is 1. The summed E-state index contributed by atoms with van der Waals surface area (Å²) in [6, 6.07) is 8.31. The van der Waals surface area contributed by atoms with Crippen molar-refractivity contribution in [2.75, 3.05) is 0 Å². The quantitative estimate of drug-likeness (QED) is 0.853. The molecule has 1 aromatic heterocycles. The number of hydrogen-bond acceptors (Lipinski definition) is 3. The maximum Gasteiger partial charge on any atom is 0.170 e. The Kier molecular flexibility index (Phi) is 3.64. The Morgan fingerprint density at radius 2 is 2.25 bits per heavy atom. The number of rotatable bonds is 4. The van der Waals surface area contributed by atoms with Crippen molar-refractivity contribution in [3.8, 4) is 0 Å². The van der Waals surface area contributed by atoms with E-state index in [4.69, 9.17) is 5.73 Å². The predicted molar refractivity (Wildman–Crippen MR) is 66.4 cm³/mol. The standard InChI is InChI=1S/C12H15N3S/c1-2-10(13)9-5-3-4-6-11(9)16-12-14-7-8-15-12/h3-8,10H,2,13H2,1H3,(H,14,15)/t10-/m0/s1. The van der Waals surface area contributed by atoms with E-state index in [1.54, 1.807) is 18.0 Å². The van der Waals surface area contributed by atoms with Crippen LogP contribution in [0.15, 0.2) is 46.7 Å². The average Bonchev–Trinajstić information content (AvgIpc) is 2.82. The fourth-order valence-corrected chi connectivity index (χ4v) is 2.44. The molecule has 0 amide bonds. The first-order chi connectivity index (χ1) is 7.81. The molecule has 0 fully saturated rings. The van der Waals surface area contributed by atoms with Gasteiger partial charge in [0.05, 0.1) is 0 Å². The van der Waals surface area contributed by atoms with Gasteiger partial charge in [0.2, 0.25) is 0 Å². The second-order valence-corrected chi connectivity index (χ2v) is 4.58. The second kappa shape index (κ2) is 5.18. The molecule has 4 heteroatoms. The Labute approximate surface area is 99.5 Å². The molecule has 2 aromatic rings. The lowest BCUT2D eigenvalue weighted by Gasteiger charge is -2.13. The van der Waals surface area contributed by atoms with E-state index >= 15 is 0 Å². The van der Waals surface area contributed by atoms with E-state index in [-0.39, 0.29) is 6.04 Å². The fraction of sp³-hybridized carbons (Fsp3) is 0.250. The van der Waals surface area contributed by atoms with Gasteiger partial charge in [0, 0.05) is 23.3 Å². The lowest BCUT2D eigenvalue weighted by molar-refractivity contribution is 0.685. The van der Waals surface area contributed by atoms with Crippen molar-refractivity contribution < 1.29 is 0 Å². The van der Waals surface area contributed by atoms with Crippen LogP contribution in [0.5, 0.6) is 0 Å². The second-order valence-electron chi connectivity index (χ2n) is 3.55. The van der Waals surface area contributed by atoms with E-state index in [1.807, 2.05) is 18.3 Å². The molecule has 0 aliphatic rings. The third-order valence-corrected chi connectivity index (χ3v) is 3.45. The minimum atomic E-state index is 0.0960. The number of nitrogens with zero attached hydrogens (tertiary/aromatic N) is 1. The van der Waals surface area contributed by atoms with E-state index in [1.165, 1.54) is 10.5 Å². The molecule has 1 heterocycles.